The molecule has 0 fully saturated rings. The smallest absolute Gasteiger partial charge is 0.416 e. The van der Waals surface area contributed by atoms with Gasteiger partial charge < -0.3 is 15.2 Å². The van der Waals surface area contributed by atoms with Gasteiger partial charge in [-0.2, -0.15) is 13.2 Å². The number of imidazole rings is 1. The van der Waals surface area contributed by atoms with Crippen LogP contribution in [-0.4, -0.2) is 32.1 Å². The Morgan fingerprint density at radius 2 is 1.70 bits per heavy atom. The van der Waals surface area contributed by atoms with E-state index in [1.165, 1.54) is 30.6 Å². The maximum Gasteiger partial charge on any atom is 0.416 e. The first-order valence-electron chi connectivity index (χ1n) is 7.41. The molecule has 0 spiro atoms. The zero-order valence-electron chi connectivity index (χ0n) is 13.6. The molecule has 3 N–H and O–H groups in total. The zero-order valence-corrected chi connectivity index (χ0v) is 13.6. The lowest BCUT2D eigenvalue weighted by Gasteiger charge is -2.05. The van der Waals surface area contributed by atoms with Gasteiger partial charge in [0.2, 0.25) is 0 Å². The number of aliphatic carboxylic acids is 1. The van der Waals surface area contributed by atoms with Crippen molar-refractivity contribution in [2.24, 2.45) is 0 Å². The molecule has 0 amide bonds. The van der Waals surface area contributed by atoms with Crippen LogP contribution < -0.4 is 0 Å². The Hall–Kier alpha value is -3.62. The molecule has 0 atom stereocenters. The second-order valence-electron chi connectivity index (χ2n) is 5.23. The molecule has 0 aliphatic heterocycles. The Morgan fingerprint density at radius 3 is 2.26 bits per heavy atom. The van der Waals surface area contributed by atoms with E-state index in [0.29, 0.717) is 5.56 Å². The fourth-order valence-electron chi connectivity index (χ4n) is 2.02. The highest BCUT2D eigenvalue weighted by molar-refractivity contribution is 5.92. The number of halogens is 3. The summed E-state index contributed by atoms with van der Waals surface area (Å²) in [4.78, 5) is 27.5. The molecule has 0 aliphatic carbocycles. The molecule has 0 aliphatic rings. The summed E-state index contributed by atoms with van der Waals surface area (Å²) in [5.74, 6) is -2.07. The first kappa shape index (κ1) is 19.7. The van der Waals surface area contributed by atoms with Crippen molar-refractivity contribution in [3.63, 3.8) is 0 Å². The van der Waals surface area contributed by atoms with E-state index in [-0.39, 0.29) is 5.56 Å². The lowest BCUT2D eigenvalue weighted by molar-refractivity contribution is -0.137. The van der Waals surface area contributed by atoms with Crippen molar-refractivity contribution in [2.75, 3.05) is 0 Å². The molecule has 0 saturated heterocycles. The monoisotopic (exact) mass is 378 g/mol. The standard InChI is InChI=1S/C10H7F3O2.C8H6N2O2/c11-10(12,13)8-4-1-7(2-5-8)3-6-9(14)15;11-8(12)5-1-2-6-7(3-5)10-4-9-6/h1-6H,(H,14,15);1-4H,(H,9,10)(H,11,12)/b6-3+;. The molecule has 0 saturated carbocycles. The van der Waals surface area contributed by atoms with E-state index < -0.39 is 23.7 Å². The third kappa shape index (κ3) is 5.70. The number of benzene rings is 2. The number of aromatic amines is 1. The second-order valence-corrected chi connectivity index (χ2v) is 5.23. The first-order valence-corrected chi connectivity index (χ1v) is 7.41. The minimum absolute atomic E-state index is 0.270. The highest BCUT2D eigenvalue weighted by atomic mass is 19.4. The lowest BCUT2D eigenvalue weighted by atomic mass is 10.1. The summed E-state index contributed by atoms with van der Waals surface area (Å²) in [6.45, 7) is 0. The zero-order chi connectivity index (χ0) is 20.0. The molecular formula is C18H13F3N2O4. The number of nitrogens with zero attached hydrogens (tertiary/aromatic N) is 1. The number of fused-ring (bicyclic) bond motifs is 1. The van der Waals surface area contributed by atoms with Crippen molar-refractivity contribution in [3.8, 4) is 0 Å². The number of aromatic nitrogens is 2. The largest absolute Gasteiger partial charge is 0.478 e. The van der Waals surface area contributed by atoms with E-state index in [4.69, 9.17) is 10.2 Å². The maximum atomic E-state index is 12.1. The number of aromatic carboxylic acids is 1. The number of hydrogen-bond donors (Lipinski definition) is 3. The summed E-state index contributed by atoms with van der Waals surface area (Å²) < 4.78 is 36.4. The van der Waals surface area contributed by atoms with Crippen LogP contribution in [0.3, 0.4) is 0 Å². The Bertz CT molecular complexity index is 976. The van der Waals surface area contributed by atoms with E-state index in [1.54, 1.807) is 12.1 Å². The van der Waals surface area contributed by atoms with E-state index in [1.807, 2.05) is 0 Å². The van der Waals surface area contributed by atoms with Gasteiger partial charge >= 0.3 is 18.1 Å². The predicted molar refractivity (Wildman–Crippen MR) is 91.2 cm³/mol. The first-order chi connectivity index (χ1) is 12.7. The van der Waals surface area contributed by atoms with Crippen molar-refractivity contribution in [1.29, 1.82) is 0 Å². The SMILES string of the molecule is O=C(O)/C=C/c1ccc(C(F)(F)F)cc1.O=C(O)c1ccc2nc[nH]c2c1. The molecular weight excluding hydrogens is 365 g/mol. The Balaban J connectivity index is 0.000000198. The van der Waals surface area contributed by atoms with Crippen LogP contribution in [0.25, 0.3) is 17.1 Å². The van der Waals surface area contributed by atoms with Gasteiger partial charge in [-0.05, 0) is 42.0 Å². The molecule has 3 rings (SSSR count). The lowest BCUT2D eigenvalue weighted by Crippen LogP contribution is -2.03. The van der Waals surface area contributed by atoms with Gasteiger partial charge in [0.25, 0.3) is 0 Å². The topological polar surface area (TPSA) is 103 Å². The number of carbonyl (C=O) groups is 2. The molecule has 0 bridgehead atoms. The Kier molecular flexibility index (Phi) is 5.96. The summed E-state index contributed by atoms with van der Waals surface area (Å²) in [5.41, 5.74) is 1.45. The molecule has 3 aromatic rings. The van der Waals surface area contributed by atoms with Crippen LogP contribution in [-0.2, 0) is 11.0 Å². The number of carboxylic acid groups (broad SMARTS) is 2. The number of carboxylic acids is 2. The molecule has 0 radical (unpaired) electrons. The number of rotatable bonds is 3. The molecule has 6 nitrogen and oxygen atoms in total. The van der Waals surface area contributed by atoms with E-state index in [9.17, 15) is 22.8 Å². The normalized spacial score (nSPS) is 11.2. The highest BCUT2D eigenvalue weighted by Gasteiger charge is 2.29. The minimum atomic E-state index is -4.37. The molecule has 140 valence electrons. The summed E-state index contributed by atoms with van der Waals surface area (Å²) in [7, 11) is 0. The van der Waals surface area contributed by atoms with Crippen molar-refractivity contribution in [3.05, 3.63) is 71.6 Å². The molecule has 0 unspecified atom stereocenters. The predicted octanol–water partition coefficient (Wildman–Crippen LogP) is 4.06. The van der Waals surface area contributed by atoms with Crippen molar-refractivity contribution < 1.29 is 33.0 Å². The number of nitrogens with one attached hydrogen (secondary N) is 1. The van der Waals surface area contributed by atoms with Crippen LogP contribution in [0.15, 0.2) is 54.9 Å². The Morgan fingerprint density at radius 1 is 1.04 bits per heavy atom. The van der Waals surface area contributed by atoms with Gasteiger partial charge in [-0.15, -0.1) is 0 Å². The van der Waals surface area contributed by atoms with E-state index >= 15 is 0 Å². The minimum Gasteiger partial charge on any atom is -0.478 e. The van der Waals surface area contributed by atoms with Gasteiger partial charge in [0, 0.05) is 6.08 Å². The molecule has 1 aromatic heterocycles. The fourth-order valence-corrected chi connectivity index (χ4v) is 2.02. The van der Waals surface area contributed by atoms with Gasteiger partial charge in [0.15, 0.2) is 0 Å². The molecule has 27 heavy (non-hydrogen) atoms. The molecule has 9 heteroatoms. The summed E-state index contributed by atoms with van der Waals surface area (Å²) >= 11 is 0. The van der Waals surface area contributed by atoms with Crippen LogP contribution in [0.5, 0.6) is 0 Å². The van der Waals surface area contributed by atoms with E-state index in [2.05, 4.69) is 9.97 Å². The van der Waals surface area contributed by atoms with Gasteiger partial charge in [-0.3, -0.25) is 0 Å². The van der Waals surface area contributed by atoms with Gasteiger partial charge in [-0.1, -0.05) is 12.1 Å². The molecule has 1 heterocycles. The van der Waals surface area contributed by atoms with E-state index in [0.717, 1.165) is 29.2 Å². The number of alkyl halides is 3. The fraction of sp³-hybridized carbons (Fsp3) is 0.0556. The average Bonchev–Trinajstić information content (AvgIpc) is 3.07. The van der Waals surface area contributed by atoms with Gasteiger partial charge in [0.05, 0.1) is 28.5 Å². The number of H-pyrrole nitrogens is 1. The number of hydrogen-bond acceptors (Lipinski definition) is 3. The van der Waals surface area contributed by atoms with Gasteiger partial charge in [-0.25, -0.2) is 14.6 Å². The third-order valence-electron chi connectivity index (χ3n) is 3.32. The van der Waals surface area contributed by atoms with Crippen LogP contribution in [0.1, 0.15) is 21.5 Å². The highest BCUT2D eigenvalue weighted by Crippen LogP contribution is 2.29. The second kappa shape index (κ2) is 8.17. The van der Waals surface area contributed by atoms with Crippen LogP contribution >= 0.6 is 0 Å². The van der Waals surface area contributed by atoms with Crippen LogP contribution in [0.2, 0.25) is 0 Å². The van der Waals surface area contributed by atoms with Gasteiger partial charge in [0.1, 0.15) is 0 Å². The summed E-state index contributed by atoms with van der Waals surface area (Å²) in [5, 5.41) is 16.9. The summed E-state index contributed by atoms with van der Waals surface area (Å²) in [6, 6.07) is 9.00. The summed E-state index contributed by atoms with van der Waals surface area (Å²) in [6.07, 6.45) is -0.740. The maximum absolute atomic E-state index is 12.1. The quantitative estimate of drug-likeness (QED) is 0.596. The van der Waals surface area contributed by atoms with Crippen molar-refractivity contribution >= 4 is 29.0 Å². The average molecular weight is 378 g/mol. The third-order valence-corrected chi connectivity index (χ3v) is 3.32. The van der Waals surface area contributed by atoms with Crippen LogP contribution in [0, 0.1) is 0 Å². The Labute approximate surface area is 150 Å². The van der Waals surface area contributed by atoms with Crippen molar-refractivity contribution in [2.45, 2.75) is 6.18 Å². The molecule has 2 aromatic carbocycles. The van der Waals surface area contributed by atoms with Crippen LogP contribution in [0.4, 0.5) is 13.2 Å². The van der Waals surface area contributed by atoms with Crippen molar-refractivity contribution in [1.82, 2.24) is 9.97 Å².